The Morgan fingerprint density at radius 1 is 1.15 bits per heavy atom. The van der Waals surface area contributed by atoms with Crippen molar-refractivity contribution in [1.82, 2.24) is 20.0 Å². The van der Waals surface area contributed by atoms with Crippen LogP contribution in [0.25, 0.3) is 11.5 Å². The molecular weight excluding hydrogens is 340 g/mol. The molecule has 1 fully saturated rings. The number of hydrogen-bond acceptors (Lipinski definition) is 5. The molecular formula is C21H24N4O2. The summed E-state index contributed by atoms with van der Waals surface area (Å²) in [5.41, 5.74) is 3.33. The highest BCUT2D eigenvalue weighted by Gasteiger charge is 2.21. The van der Waals surface area contributed by atoms with Gasteiger partial charge in [0.05, 0.1) is 6.54 Å². The van der Waals surface area contributed by atoms with E-state index in [1.807, 2.05) is 36.5 Å². The molecule has 140 valence electrons. The van der Waals surface area contributed by atoms with E-state index in [4.69, 9.17) is 4.52 Å². The van der Waals surface area contributed by atoms with Gasteiger partial charge < -0.3 is 9.51 Å². The van der Waals surface area contributed by atoms with Crippen LogP contribution in [-0.4, -0.2) is 33.1 Å². The summed E-state index contributed by atoms with van der Waals surface area (Å²) in [5.74, 6) is 1.98. The van der Waals surface area contributed by atoms with Crippen molar-refractivity contribution in [2.45, 2.75) is 32.7 Å². The van der Waals surface area contributed by atoms with Gasteiger partial charge in [-0.15, -0.1) is 0 Å². The Morgan fingerprint density at radius 3 is 2.63 bits per heavy atom. The highest BCUT2D eigenvalue weighted by molar-refractivity contribution is 5.53. The molecule has 4 rings (SSSR count). The summed E-state index contributed by atoms with van der Waals surface area (Å²) in [7, 11) is 0. The first-order valence-electron chi connectivity index (χ1n) is 9.45. The molecule has 0 atom stereocenters. The Kier molecular flexibility index (Phi) is 5.16. The third-order valence-corrected chi connectivity index (χ3v) is 5.21. The lowest BCUT2D eigenvalue weighted by Gasteiger charge is -2.31. The predicted molar refractivity (Wildman–Crippen MR) is 103 cm³/mol. The molecule has 0 saturated carbocycles. The highest BCUT2D eigenvalue weighted by atomic mass is 16.5. The number of pyridine rings is 1. The molecule has 6 heteroatoms. The van der Waals surface area contributed by atoms with E-state index in [1.54, 1.807) is 6.07 Å². The molecule has 27 heavy (non-hydrogen) atoms. The normalized spacial score (nSPS) is 15.9. The number of nitrogens with zero attached hydrogens (tertiary/aromatic N) is 3. The van der Waals surface area contributed by atoms with Crippen LogP contribution in [0.1, 0.15) is 29.8 Å². The maximum absolute atomic E-state index is 11.2. The highest BCUT2D eigenvalue weighted by Crippen LogP contribution is 2.23. The first-order valence-corrected chi connectivity index (χ1v) is 9.45. The van der Waals surface area contributed by atoms with Crippen LogP contribution >= 0.6 is 0 Å². The zero-order valence-corrected chi connectivity index (χ0v) is 15.5. The van der Waals surface area contributed by atoms with Crippen LogP contribution in [0.4, 0.5) is 0 Å². The van der Waals surface area contributed by atoms with E-state index in [9.17, 15) is 4.79 Å². The Bertz CT molecular complexity index is 917. The first kappa shape index (κ1) is 17.7. The van der Waals surface area contributed by atoms with Crippen LogP contribution in [-0.2, 0) is 13.0 Å². The molecule has 6 nitrogen and oxygen atoms in total. The molecule has 0 aliphatic carbocycles. The number of benzene rings is 1. The van der Waals surface area contributed by atoms with E-state index < -0.39 is 0 Å². The number of rotatable bonds is 5. The van der Waals surface area contributed by atoms with Crippen molar-refractivity contribution in [2.75, 3.05) is 13.1 Å². The maximum Gasteiger partial charge on any atom is 0.257 e. The molecule has 0 amide bonds. The zero-order chi connectivity index (χ0) is 18.6. The summed E-state index contributed by atoms with van der Waals surface area (Å²) < 4.78 is 5.43. The van der Waals surface area contributed by atoms with Crippen molar-refractivity contribution >= 4 is 0 Å². The van der Waals surface area contributed by atoms with Crippen molar-refractivity contribution in [3.8, 4) is 11.5 Å². The SMILES string of the molecule is Cc1ccc(-c2nc(CN3CCC(Cc4ccc(=O)[nH]c4)CC3)no2)cc1. The Morgan fingerprint density at radius 2 is 1.93 bits per heavy atom. The molecule has 0 bridgehead atoms. The molecule has 0 unspecified atom stereocenters. The Balaban J connectivity index is 1.30. The average Bonchev–Trinajstić information content (AvgIpc) is 3.14. The second-order valence-electron chi connectivity index (χ2n) is 7.37. The van der Waals surface area contributed by atoms with Gasteiger partial charge in [0.1, 0.15) is 0 Å². The minimum absolute atomic E-state index is 0.0429. The predicted octanol–water partition coefficient (Wildman–Crippen LogP) is 3.19. The quantitative estimate of drug-likeness (QED) is 0.752. The van der Waals surface area contributed by atoms with Gasteiger partial charge in [-0.1, -0.05) is 28.9 Å². The molecule has 1 N–H and O–H groups in total. The number of hydrogen-bond donors (Lipinski definition) is 1. The van der Waals surface area contributed by atoms with Gasteiger partial charge in [0.15, 0.2) is 5.82 Å². The monoisotopic (exact) mass is 364 g/mol. The van der Waals surface area contributed by atoms with Gasteiger partial charge in [-0.05, 0) is 62.9 Å². The lowest BCUT2D eigenvalue weighted by atomic mass is 9.91. The van der Waals surface area contributed by atoms with E-state index in [1.165, 1.54) is 11.1 Å². The average molecular weight is 364 g/mol. The lowest BCUT2D eigenvalue weighted by Crippen LogP contribution is -2.34. The van der Waals surface area contributed by atoms with E-state index in [0.29, 0.717) is 11.8 Å². The standard InChI is InChI=1S/C21H24N4O2/c1-15-2-5-18(6-3-15)21-23-19(24-27-21)14-25-10-8-16(9-11-25)12-17-4-7-20(26)22-13-17/h2-7,13,16H,8-12,14H2,1H3,(H,22,26). The molecule has 2 aromatic heterocycles. The number of nitrogens with one attached hydrogen (secondary N) is 1. The van der Waals surface area contributed by atoms with Gasteiger partial charge in [0.25, 0.3) is 5.89 Å². The minimum Gasteiger partial charge on any atom is -0.334 e. The third-order valence-electron chi connectivity index (χ3n) is 5.21. The van der Waals surface area contributed by atoms with E-state index in [2.05, 4.69) is 26.9 Å². The van der Waals surface area contributed by atoms with Gasteiger partial charge in [-0.25, -0.2) is 0 Å². The number of H-pyrrole nitrogens is 1. The summed E-state index contributed by atoms with van der Waals surface area (Å²) in [6.45, 7) is 4.84. The van der Waals surface area contributed by atoms with Crippen molar-refractivity contribution in [3.05, 3.63) is 69.9 Å². The number of aryl methyl sites for hydroxylation is 1. The van der Waals surface area contributed by atoms with Gasteiger partial charge >= 0.3 is 0 Å². The summed E-state index contributed by atoms with van der Waals surface area (Å²) in [6, 6.07) is 11.6. The van der Waals surface area contributed by atoms with Gasteiger partial charge in [0.2, 0.25) is 5.56 Å². The minimum atomic E-state index is -0.0429. The summed E-state index contributed by atoms with van der Waals surface area (Å²) in [6.07, 6.45) is 5.13. The van der Waals surface area contributed by atoms with Crippen LogP contribution in [0.3, 0.4) is 0 Å². The molecule has 3 aromatic rings. The van der Waals surface area contributed by atoms with E-state index in [-0.39, 0.29) is 5.56 Å². The first-order chi connectivity index (χ1) is 13.2. The van der Waals surface area contributed by atoms with E-state index in [0.717, 1.165) is 50.3 Å². The number of piperidine rings is 1. The van der Waals surface area contributed by atoms with Crippen LogP contribution in [0.2, 0.25) is 0 Å². The maximum atomic E-state index is 11.2. The number of aromatic amines is 1. The second kappa shape index (κ2) is 7.88. The molecule has 1 saturated heterocycles. The molecule has 3 heterocycles. The summed E-state index contributed by atoms with van der Waals surface area (Å²) >= 11 is 0. The van der Waals surface area contributed by atoms with Gasteiger partial charge in [0, 0.05) is 17.8 Å². The molecule has 1 aliphatic heterocycles. The second-order valence-corrected chi connectivity index (χ2v) is 7.37. The van der Waals surface area contributed by atoms with Gasteiger partial charge in [-0.3, -0.25) is 9.69 Å². The Hall–Kier alpha value is -2.73. The zero-order valence-electron chi connectivity index (χ0n) is 15.5. The fraction of sp³-hybridized carbons (Fsp3) is 0.381. The lowest BCUT2D eigenvalue weighted by molar-refractivity contribution is 0.172. The van der Waals surface area contributed by atoms with Crippen LogP contribution in [0.5, 0.6) is 0 Å². The fourth-order valence-electron chi connectivity index (χ4n) is 3.58. The fourth-order valence-corrected chi connectivity index (χ4v) is 3.58. The molecule has 0 spiro atoms. The molecule has 0 radical (unpaired) electrons. The summed E-state index contributed by atoms with van der Waals surface area (Å²) in [4.78, 5) is 20.8. The third kappa shape index (κ3) is 4.52. The smallest absolute Gasteiger partial charge is 0.257 e. The Labute approximate surface area is 158 Å². The number of likely N-dealkylation sites (tertiary alicyclic amines) is 1. The van der Waals surface area contributed by atoms with E-state index >= 15 is 0 Å². The topological polar surface area (TPSA) is 75.0 Å². The van der Waals surface area contributed by atoms with Crippen LogP contribution in [0.15, 0.2) is 51.9 Å². The summed E-state index contributed by atoms with van der Waals surface area (Å²) in [5, 5.41) is 4.14. The van der Waals surface area contributed by atoms with Crippen molar-refractivity contribution in [1.29, 1.82) is 0 Å². The molecule has 1 aromatic carbocycles. The van der Waals surface area contributed by atoms with Crippen molar-refractivity contribution < 1.29 is 4.52 Å². The van der Waals surface area contributed by atoms with Crippen molar-refractivity contribution in [2.24, 2.45) is 5.92 Å². The molecule has 1 aliphatic rings. The largest absolute Gasteiger partial charge is 0.334 e. The number of aromatic nitrogens is 3. The van der Waals surface area contributed by atoms with Crippen molar-refractivity contribution in [3.63, 3.8) is 0 Å². The van der Waals surface area contributed by atoms with Crippen LogP contribution < -0.4 is 5.56 Å². The van der Waals surface area contributed by atoms with Crippen LogP contribution in [0, 0.1) is 12.8 Å². The van der Waals surface area contributed by atoms with Gasteiger partial charge in [-0.2, -0.15) is 4.98 Å².